The number of benzene rings is 1. The third kappa shape index (κ3) is 4.11. The van der Waals surface area contributed by atoms with E-state index < -0.39 is 10.0 Å². The number of hydrogen-bond donors (Lipinski definition) is 1. The van der Waals surface area contributed by atoms with Crippen LogP contribution >= 0.6 is 0 Å². The fraction of sp³-hybridized carbons (Fsp3) is 0.389. The van der Waals surface area contributed by atoms with Gasteiger partial charge in [-0.05, 0) is 49.1 Å². The summed E-state index contributed by atoms with van der Waals surface area (Å²) in [4.78, 5) is 12.4. The van der Waals surface area contributed by atoms with E-state index >= 15 is 0 Å². The van der Waals surface area contributed by atoms with Crippen LogP contribution in [0.5, 0.6) is 0 Å². The molecule has 134 valence electrons. The Labute approximate surface area is 147 Å². The Kier molecular flexibility index (Phi) is 5.24. The minimum Gasteiger partial charge on any atom is -0.467 e. The minimum atomic E-state index is -3.57. The zero-order chi connectivity index (χ0) is 17.9. The van der Waals surface area contributed by atoms with E-state index in [9.17, 15) is 13.2 Å². The van der Waals surface area contributed by atoms with Crippen LogP contribution in [0, 0.1) is 5.92 Å². The summed E-state index contributed by atoms with van der Waals surface area (Å²) in [6.07, 6.45) is 3.44. The lowest BCUT2D eigenvalue weighted by Crippen LogP contribution is -2.39. The molecular formula is C18H22N2O4S. The number of furan rings is 1. The summed E-state index contributed by atoms with van der Waals surface area (Å²) in [7, 11) is -3.57. The highest BCUT2D eigenvalue weighted by Crippen LogP contribution is 2.24. The second-order valence-electron chi connectivity index (χ2n) is 6.40. The third-order valence-electron chi connectivity index (χ3n) is 4.36. The molecule has 1 aliphatic heterocycles. The second-order valence-corrected chi connectivity index (χ2v) is 8.34. The predicted octanol–water partition coefficient (Wildman–Crippen LogP) is 2.63. The van der Waals surface area contributed by atoms with Crippen LogP contribution in [0.1, 0.15) is 35.9 Å². The predicted molar refractivity (Wildman–Crippen MR) is 93.5 cm³/mol. The fourth-order valence-electron chi connectivity index (χ4n) is 2.99. The van der Waals surface area contributed by atoms with Gasteiger partial charge < -0.3 is 9.73 Å². The van der Waals surface area contributed by atoms with Crippen molar-refractivity contribution in [1.82, 2.24) is 9.62 Å². The number of carbonyl (C=O) groups excluding carboxylic acids is 1. The van der Waals surface area contributed by atoms with Crippen molar-refractivity contribution < 1.29 is 17.6 Å². The quantitative estimate of drug-likeness (QED) is 0.887. The molecule has 1 fully saturated rings. The Morgan fingerprint density at radius 3 is 2.88 bits per heavy atom. The Morgan fingerprint density at radius 1 is 1.32 bits per heavy atom. The van der Waals surface area contributed by atoms with Gasteiger partial charge in [-0.2, -0.15) is 4.31 Å². The summed E-state index contributed by atoms with van der Waals surface area (Å²) >= 11 is 0. The van der Waals surface area contributed by atoms with Crippen LogP contribution < -0.4 is 5.32 Å². The molecule has 2 heterocycles. The number of piperidine rings is 1. The average molecular weight is 362 g/mol. The Balaban J connectivity index is 1.75. The molecule has 0 spiro atoms. The minimum absolute atomic E-state index is 0.159. The number of sulfonamides is 1. The fourth-order valence-corrected chi connectivity index (χ4v) is 4.64. The highest BCUT2D eigenvalue weighted by atomic mass is 32.2. The highest BCUT2D eigenvalue weighted by Gasteiger charge is 2.29. The summed E-state index contributed by atoms with van der Waals surface area (Å²) in [5, 5.41) is 2.73. The van der Waals surface area contributed by atoms with E-state index in [2.05, 4.69) is 12.2 Å². The summed E-state index contributed by atoms with van der Waals surface area (Å²) < 4.78 is 32.3. The van der Waals surface area contributed by atoms with Crippen LogP contribution in [0.2, 0.25) is 0 Å². The molecule has 25 heavy (non-hydrogen) atoms. The Bertz CT molecular complexity index is 831. The van der Waals surface area contributed by atoms with Crippen molar-refractivity contribution >= 4 is 15.9 Å². The van der Waals surface area contributed by atoms with E-state index in [1.54, 1.807) is 24.3 Å². The van der Waals surface area contributed by atoms with Gasteiger partial charge in [-0.25, -0.2) is 8.42 Å². The average Bonchev–Trinajstić information content (AvgIpc) is 3.13. The summed E-state index contributed by atoms with van der Waals surface area (Å²) in [5.74, 6) is 0.656. The monoisotopic (exact) mass is 362 g/mol. The maximum atomic E-state index is 12.8. The molecule has 0 aliphatic carbocycles. The maximum absolute atomic E-state index is 12.8. The molecule has 1 aromatic heterocycles. The molecule has 0 saturated carbocycles. The van der Waals surface area contributed by atoms with Gasteiger partial charge in [0.2, 0.25) is 10.0 Å². The van der Waals surface area contributed by atoms with Crippen molar-refractivity contribution in [3.63, 3.8) is 0 Å². The number of nitrogens with zero attached hydrogens (tertiary/aromatic N) is 1. The normalized spacial score (nSPS) is 18.8. The summed E-state index contributed by atoms with van der Waals surface area (Å²) in [6.45, 7) is 3.37. The Hall–Kier alpha value is -2.12. The SMILES string of the molecule is C[C@H]1CCCN(S(=O)(=O)c2cccc(C(=O)NCc3ccco3)c2)C1. The van der Waals surface area contributed by atoms with E-state index in [0.29, 0.717) is 30.3 Å². The van der Waals surface area contributed by atoms with Gasteiger partial charge in [-0.3, -0.25) is 4.79 Å². The van der Waals surface area contributed by atoms with Crippen molar-refractivity contribution in [2.24, 2.45) is 5.92 Å². The first kappa shape index (κ1) is 17.7. The van der Waals surface area contributed by atoms with Crippen molar-refractivity contribution in [1.29, 1.82) is 0 Å². The van der Waals surface area contributed by atoms with Crippen LogP contribution in [0.4, 0.5) is 0 Å². The van der Waals surface area contributed by atoms with Gasteiger partial charge in [0.1, 0.15) is 5.76 Å². The molecule has 3 rings (SSSR count). The molecule has 1 aliphatic rings. The maximum Gasteiger partial charge on any atom is 0.251 e. The molecular weight excluding hydrogens is 340 g/mol. The summed E-state index contributed by atoms with van der Waals surface area (Å²) in [6, 6.07) is 9.69. The largest absolute Gasteiger partial charge is 0.467 e. The molecule has 7 heteroatoms. The van der Waals surface area contributed by atoms with Crippen LogP contribution in [-0.2, 0) is 16.6 Å². The van der Waals surface area contributed by atoms with Crippen molar-refractivity contribution in [2.45, 2.75) is 31.2 Å². The lowest BCUT2D eigenvalue weighted by molar-refractivity contribution is 0.0948. The number of rotatable bonds is 5. The van der Waals surface area contributed by atoms with Gasteiger partial charge in [0.25, 0.3) is 5.91 Å². The number of nitrogens with one attached hydrogen (secondary N) is 1. The van der Waals surface area contributed by atoms with Crippen molar-refractivity contribution in [3.8, 4) is 0 Å². The van der Waals surface area contributed by atoms with Gasteiger partial charge in [-0.15, -0.1) is 0 Å². The standard InChI is InChI=1S/C18H22N2O4S/c1-14-5-3-9-20(13-14)25(22,23)17-8-2-6-15(11-17)18(21)19-12-16-7-4-10-24-16/h2,4,6-8,10-11,14H,3,5,9,12-13H2,1H3,(H,19,21)/t14-/m0/s1. The Morgan fingerprint density at radius 2 is 2.16 bits per heavy atom. The highest BCUT2D eigenvalue weighted by molar-refractivity contribution is 7.89. The van der Waals surface area contributed by atoms with Gasteiger partial charge in [0.05, 0.1) is 17.7 Å². The van der Waals surface area contributed by atoms with Crippen molar-refractivity contribution in [2.75, 3.05) is 13.1 Å². The molecule has 6 nitrogen and oxygen atoms in total. The smallest absolute Gasteiger partial charge is 0.251 e. The van der Waals surface area contributed by atoms with E-state index in [-0.39, 0.29) is 17.3 Å². The van der Waals surface area contributed by atoms with Gasteiger partial charge in [0, 0.05) is 18.7 Å². The third-order valence-corrected chi connectivity index (χ3v) is 6.22. The van der Waals surface area contributed by atoms with Gasteiger partial charge >= 0.3 is 0 Å². The van der Waals surface area contributed by atoms with Crippen LogP contribution in [0.25, 0.3) is 0 Å². The summed E-state index contributed by atoms with van der Waals surface area (Å²) in [5.41, 5.74) is 0.317. The molecule has 2 aromatic rings. The number of carbonyl (C=O) groups is 1. The van der Waals surface area contributed by atoms with Crippen LogP contribution in [0.3, 0.4) is 0 Å². The zero-order valence-corrected chi connectivity index (χ0v) is 15.0. The molecule has 0 unspecified atom stereocenters. The van der Waals surface area contributed by atoms with Gasteiger partial charge in [-0.1, -0.05) is 13.0 Å². The lowest BCUT2D eigenvalue weighted by Gasteiger charge is -2.30. The van der Waals surface area contributed by atoms with E-state index in [4.69, 9.17) is 4.42 Å². The zero-order valence-electron chi connectivity index (χ0n) is 14.1. The second kappa shape index (κ2) is 7.41. The van der Waals surface area contributed by atoms with Crippen LogP contribution in [0.15, 0.2) is 52.0 Å². The number of hydrogen-bond acceptors (Lipinski definition) is 4. The molecule has 0 bridgehead atoms. The van der Waals surface area contributed by atoms with E-state index in [1.165, 1.54) is 22.7 Å². The van der Waals surface area contributed by atoms with E-state index in [1.807, 2.05) is 0 Å². The van der Waals surface area contributed by atoms with Gasteiger partial charge in [0.15, 0.2) is 0 Å². The number of amides is 1. The lowest BCUT2D eigenvalue weighted by atomic mass is 10.0. The molecule has 1 aromatic carbocycles. The van der Waals surface area contributed by atoms with E-state index in [0.717, 1.165) is 12.8 Å². The van der Waals surface area contributed by atoms with Crippen LogP contribution in [-0.4, -0.2) is 31.7 Å². The molecule has 1 atom stereocenters. The first-order valence-corrected chi connectivity index (χ1v) is 9.81. The first-order valence-electron chi connectivity index (χ1n) is 8.37. The van der Waals surface area contributed by atoms with Crippen molar-refractivity contribution in [3.05, 3.63) is 54.0 Å². The molecule has 1 saturated heterocycles. The molecule has 1 N–H and O–H groups in total. The molecule has 1 amide bonds. The molecule has 0 radical (unpaired) electrons. The first-order chi connectivity index (χ1) is 12.0. The topological polar surface area (TPSA) is 79.6 Å².